The lowest BCUT2D eigenvalue weighted by atomic mass is 9.80. The summed E-state index contributed by atoms with van der Waals surface area (Å²) in [4.78, 5) is 21.1. The van der Waals surface area contributed by atoms with Crippen LogP contribution in [0, 0.1) is 11.8 Å². The third kappa shape index (κ3) is 7.45. The fourth-order valence-electron chi connectivity index (χ4n) is 2.63. The molecular formula is C14H26N2O4. The molecule has 0 saturated heterocycles. The molecule has 0 amide bonds. The Morgan fingerprint density at radius 2 is 1.50 bits per heavy atom. The second-order valence-electron chi connectivity index (χ2n) is 5.49. The zero-order valence-electron chi connectivity index (χ0n) is 11.9. The Bertz CT molecular complexity index is 302. The molecule has 1 aliphatic rings. The van der Waals surface area contributed by atoms with Crippen LogP contribution < -0.4 is 10.6 Å². The molecule has 0 bridgehead atoms. The monoisotopic (exact) mass is 286 g/mol. The number of hydrogen-bond acceptors (Lipinski definition) is 4. The van der Waals surface area contributed by atoms with Gasteiger partial charge in [-0.05, 0) is 44.6 Å². The van der Waals surface area contributed by atoms with Gasteiger partial charge >= 0.3 is 11.9 Å². The first-order chi connectivity index (χ1) is 9.59. The molecule has 0 aliphatic heterocycles. The number of hydrogen-bond donors (Lipinski definition) is 4. The molecule has 0 radical (unpaired) electrons. The van der Waals surface area contributed by atoms with Gasteiger partial charge in [0, 0.05) is 19.6 Å². The maximum Gasteiger partial charge on any atom is 0.306 e. The van der Waals surface area contributed by atoms with Gasteiger partial charge in [0.05, 0.1) is 12.3 Å². The normalized spacial score (nSPS) is 22.6. The van der Waals surface area contributed by atoms with Crippen molar-refractivity contribution in [3.63, 3.8) is 0 Å². The van der Waals surface area contributed by atoms with E-state index in [1.165, 1.54) is 0 Å². The Morgan fingerprint density at radius 1 is 0.900 bits per heavy atom. The first kappa shape index (κ1) is 16.9. The third-order valence-electron chi connectivity index (χ3n) is 3.92. The van der Waals surface area contributed by atoms with E-state index >= 15 is 0 Å². The average Bonchev–Trinajstić information content (AvgIpc) is 2.42. The minimum atomic E-state index is -0.776. The van der Waals surface area contributed by atoms with E-state index in [1.54, 1.807) is 0 Å². The summed E-state index contributed by atoms with van der Waals surface area (Å²) in [5.74, 6) is -0.896. The van der Waals surface area contributed by atoms with Crippen LogP contribution in [-0.2, 0) is 9.59 Å². The maximum absolute atomic E-state index is 10.8. The zero-order valence-corrected chi connectivity index (χ0v) is 11.9. The van der Waals surface area contributed by atoms with Crippen molar-refractivity contribution in [3.05, 3.63) is 0 Å². The van der Waals surface area contributed by atoms with E-state index in [9.17, 15) is 9.59 Å². The summed E-state index contributed by atoms with van der Waals surface area (Å²) in [6.45, 7) is 3.07. The number of carbonyl (C=O) groups is 2. The van der Waals surface area contributed by atoms with Gasteiger partial charge in [0.15, 0.2) is 0 Å². The second-order valence-corrected chi connectivity index (χ2v) is 5.49. The highest BCUT2D eigenvalue weighted by molar-refractivity contribution is 5.70. The fraction of sp³-hybridized carbons (Fsp3) is 0.857. The van der Waals surface area contributed by atoms with Crippen molar-refractivity contribution in [3.8, 4) is 0 Å². The summed E-state index contributed by atoms with van der Waals surface area (Å²) in [6.07, 6.45) is 4.94. The van der Waals surface area contributed by atoms with Crippen LogP contribution >= 0.6 is 0 Å². The average molecular weight is 286 g/mol. The van der Waals surface area contributed by atoms with Crippen LogP contribution in [0.4, 0.5) is 0 Å². The van der Waals surface area contributed by atoms with Crippen LogP contribution in [-0.4, -0.2) is 48.3 Å². The molecule has 1 saturated carbocycles. The first-order valence-corrected chi connectivity index (χ1v) is 7.45. The summed E-state index contributed by atoms with van der Waals surface area (Å²) in [7, 11) is 0. The highest BCUT2D eigenvalue weighted by Gasteiger charge is 2.25. The summed E-state index contributed by atoms with van der Waals surface area (Å²) in [6, 6.07) is 0. The smallest absolute Gasteiger partial charge is 0.306 e. The largest absolute Gasteiger partial charge is 0.481 e. The van der Waals surface area contributed by atoms with Gasteiger partial charge in [0.2, 0.25) is 0 Å². The molecule has 0 aromatic carbocycles. The first-order valence-electron chi connectivity index (χ1n) is 7.45. The van der Waals surface area contributed by atoms with E-state index in [1.807, 2.05) is 0 Å². The Morgan fingerprint density at radius 3 is 2.05 bits per heavy atom. The molecule has 0 atom stereocenters. The molecule has 4 N–H and O–H groups in total. The Kier molecular flexibility index (Phi) is 8.22. The van der Waals surface area contributed by atoms with Crippen molar-refractivity contribution < 1.29 is 19.8 Å². The highest BCUT2D eigenvalue weighted by atomic mass is 16.4. The predicted molar refractivity (Wildman–Crippen MR) is 75.7 cm³/mol. The van der Waals surface area contributed by atoms with Gasteiger partial charge in [-0.1, -0.05) is 0 Å². The molecule has 116 valence electrons. The Labute approximate surface area is 119 Å². The van der Waals surface area contributed by atoms with Gasteiger partial charge in [0.25, 0.3) is 0 Å². The van der Waals surface area contributed by atoms with Crippen LogP contribution in [0.25, 0.3) is 0 Å². The molecule has 0 unspecified atom stereocenters. The number of nitrogens with one attached hydrogen (secondary N) is 2. The van der Waals surface area contributed by atoms with E-state index in [-0.39, 0.29) is 12.3 Å². The molecule has 0 aromatic heterocycles. The van der Waals surface area contributed by atoms with E-state index in [4.69, 9.17) is 10.2 Å². The van der Waals surface area contributed by atoms with Crippen LogP contribution in [0.2, 0.25) is 0 Å². The van der Waals surface area contributed by atoms with Crippen molar-refractivity contribution in [2.24, 2.45) is 11.8 Å². The summed E-state index contributed by atoms with van der Waals surface area (Å²) in [5, 5.41) is 23.8. The van der Waals surface area contributed by atoms with E-state index in [0.717, 1.165) is 51.7 Å². The molecule has 1 aliphatic carbocycles. The lowest BCUT2D eigenvalue weighted by Gasteiger charge is -2.26. The zero-order chi connectivity index (χ0) is 14.8. The molecule has 6 nitrogen and oxygen atoms in total. The minimum absolute atomic E-state index is 0.127. The summed E-state index contributed by atoms with van der Waals surface area (Å²) >= 11 is 0. The standard InChI is InChI=1S/C14H26N2O4/c17-13(18)6-8-16-10-9-15-7-5-11-1-3-12(4-2-11)14(19)20/h11-12,15-16H,1-10H2,(H,17,18)(H,19,20). The lowest BCUT2D eigenvalue weighted by molar-refractivity contribution is -0.143. The number of carboxylic acids is 2. The quantitative estimate of drug-likeness (QED) is 0.446. The number of carboxylic acid groups (broad SMARTS) is 2. The molecule has 0 heterocycles. The lowest BCUT2D eigenvalue weighted by Crippen LogP contribution is -2.30. The van der Waals surface area contributed by atoms with E-state index in [2.05, 4.69) is 10.6 Å². The van der Waals surface area contributed by atoms with Crippen molar-refractivity contribution in [1.29, 1.82) is 0 Å². The van der Waals surface area contributed by atoms with Crippen LogP contribution in [0.5, 0.6) is 0 Å². The van der Waals surface area contributed by atoms with Crippen molar-refractivity contribution in [2.75, 3.05) is 26.2 Å². The maximum atomic E-state index is 10.8. The van der Waals surface area contributed by atoms with Crippen LogP contribution in [0.15, 0.2) is 0 Å². The molecule has 0 spiro atoms. The third-order valence-corrected chi connectivity index (χ3v) is 3.92. The van der Waals surface area contributed by atoms with Gasteiger partial charge in [-0.3, -0.25) is 9.59 Å². The Hall–Kier alpha value is -1.14. The van der Waals surface area contributed by atoms with Gasteiger partial charge in [-0.2, -0.15) is 0 Å². The van der Waals surface area contributed by atoms with E-state index < -0.39 is 11.9 Å². The predicted octanol–water partition coefficient (Wildman–Crippen LogP) is 0.921. The topological polar surface area (TPSA) is 98.7 Å². The van der Waals surface area contributed by atoms with Gasteiger partial charge in [0.1, 0.15) is 0 Å². The molecule has 1 fully saturated rings. The van der Waals surface area contributed by atoms with Gasteiger partial charge in [-0.25, -0.2) is 0 Å². The minimum Gasteiger partial charge on any atom is -0.481 e. The molecule has 1 rings (SSSR count). The molecular weight excluding hydrogens is 260 g/mol. The Balaban J connectivity index is 1.90. The van der Waals surface area contributed by atoms with Gasteiger partial charge < -0.3 is 20.8 Å². The van der Waals surface area contributed by atoms with Crippen molar-refractivity contribution >= 4 is 11.9 Å². The molecule has 0 aromatic rings. The van der Waals surface area contributed by atoms with Gasteiger partial charge in [-0.15, -0.1) is 0 Å². The second kappa shape index (κ2) is 9.72. The SMILES string of the molecule is O=C(O)CCNCCNCCC1CCC(C(=O)O)CC1. The highest BCUT2D eigenvalue weighted by Crippen LogP contribution is 2.30. The summed E-state index contributed by atoms with van der Waals surface area (Å²) in [5.41, 5.74) is 0. The van der Waals surface area contributed by atoms with Crippen molar-refractivity contribution in [1.82, 2.24) is 10.6 Å². The fourth-order valence-corrected chi connectivity index (χ4v) is 2.63. The summed E-state index contributed by atoms with van der Waals surface area (Å²) < 4.78 is 0. The number of rotatable bonds is 10. The number of aliphatic carboxylic acids is 2. The van der Waals surface area contributed by atoms with Crippen molar-refractivity contribution in [2.45, 2.75) is 38.5 Å². The van der Waals surface area contributed by atoms with Crippen LogP contribution in [0.3, 0.4) is 0 Å². The molecule has 20 heavy (non-hydrogen) atoms. The van der Waals surface area contributed by atoms with Crippen LogP contribution in [0.1, 0.15) is 38.5 Å². The van der Waals surface area contributed by atoms with E-state index in [0.29, 0.717) is 12.5 Å². The molecule has 6 heteroatoms.